The Bertz CT molecular complexity index is 453. The molecule has 0 spiro atoms. The van der Waals surface area contributed by atoms with Gasteiger partial charge >= 0.3 is 0 Å². The topological polar surface area (TPSA) is 47.3 Å². The summed E-state index contributed by atoms with van der Waals surface area (Å²) in [5, 5.41) is 0. The van der Waals surface area contributed by atoms with E-state index in [-0.39, 0.29) is 17.4 Å². The highest BCUT2D eigenvalue weighted by molar-refractivity contribution is 5.30. The van der Waals surface area contributed by atoms with Gasteiger partial charge in [0.05, 0.1) is 6.04 Å². The number of hydrazine groups is 1. The van der Waals surface area contributed by atoms with Crippen molar-refractivity contribution in [2.45, 2.75) is 26.3 Å². The quantitative estimate of drug-likeness (QED) is 0.655. The van der Waals surface area contributed by atoms with Crippen LogP contribution < -0.4 is 11.3 Å². The molecule has 0 aliphatic carbocycles. The first-order chi connectivity index (χ1) is 9.06. The van der Waals surface area contributed by atoms with Crippen LogP contribution in [0.4, 0.5) is 8.78 Å². The van der Waals surface area contributed by atoms with Gasteiger partial charge in [-0.1, -0.05) is 13.0 Å². The second kappa shape index (κ2) is 5.94. The number of benzene rings is 1. The average molecular weight is 270 g/mol. The second-order valence-electron chi connectivity index (χ2n) is 5.24. The van der Waals surface area contributed by atoms with E-state index >= 15 is 0 Å². The van der Waals surface area contributed by atoms with Crippen LogP contribution in [0.2, 0.25) is 0 Å². The summed E-state index contributed by atoms with van der Waals surface area (Å²) in [5.41, 5.74) is 3.06. The Morgan fingerprint density at radius 2 is 2.16 bits per heavy atom. The lowest BCUT2D eigenvalue weighted by atomic mass is 9.80. The zero-order valence-electron chi connectivity index (χ0n) is 11.2. The highest BCUT2D eigenvalue weighted by Gasteiger charge is 2.33. The molecule has 3 nitrogen and oxygen atoms in total. The number of nitrogens with two attached hydrogens (primary N) is 1. The van der Waals surface area contributed by atoms with Crippen LogP contribution in [0.1, 0.15) is 30.5 Å². The summed E-state index contributed by atoms with van der Waals surface area (Å²) in [7, 11) is 0. The molecule has 2 rings (SSSR count). The van der Waals surface area contributed by atoms with Gasteiger partial charge in [0.2, 0.25) is 0 Å². The fraction of sp³-hybridized carbons (Fsp3) is 0.571. The van der Waals surface area contributed by atoms with Crippen molar-refractivity contribution < 1.29 is 13.5 Å². The van der Waals surface area contributed by atoms with E-state index in [1.165, 1.54) is 12.1 Å². The SMILES string of the molecule is Cc1ccc(F)c(C(NN)C2CCOCC2C)c1F. The number of rotatable bonds is 3. The Morgan fingerprint density at radius 1 is 1.42 bits per heavy atom. The number of aryl methyl sites for hydroxylation is 1. The van der Waals surface area contributed by atoms with Crippen LogP contribution in [0.25, 0.3) is 0 Å². The maximum Gasteiger partial charge on any atom is 0.133 e. The van der Waals surface area contributed by atoms with E-state index in [0.717, 1.165) is 6.42 Å². The minimum atomic E-state index is -0.551. The molecule has 5 heteroatoms. The van der Waals surface area contributed by atoms with E-state index in [1.54, 1.807) is 6.92 Å². The third kappa shape index (κ3) is 2.78. The third-order valence-electron chi connectivity index (χ3n) is 3.95. The molecule has 19 heavy (non-hydrogen) atoms. The first-order valence-electron chi connectivity index (χ1n) is 6.54. The van der Waals surface area contributed by atoms with Gasteiger partial charge in [-0.3, -0.25) is 11.3 Å². The van der Waals surface area contributed by atoms with Gasteiger partial charge < -0.3 is 4.74 Å². The average Bonchev–Trinajstić information content (AvgIpc) is 2.40. The van der Waals surface area contributed by atoms with Crippen molar-refractivity contribution >= 4 is 0 Å². The molecule has 1 saturated heterocycles. The van der Waals surface area contributed by atoms with Gasteiger partial charge in [-0.2, -0.15) is 0 Å². The Morgan fingerprint density at radius 3 is 2.79 bits per heavy atom. The summed E-state index contributed by atoms with van der Waals surface area (Å²) < 4.78 is 33.6. The monoisotopic (exact) mass is 270 g/mol. The third-order valence-corrected chi connectivity index (χ3v) is 3.95. The summed E-state index contributed by atoms with van der Waals surface area (Å²) in [5.74, 6) is 4.76. The van der Waals surface area contributed by atoms with E-state index < -0.39 is 17.7 Å². The summed E-state index contributed by atoms with van der Waals surface area (Å²) in [4.78, 5) is 0. The van der Waals surface area contributed by atoms with E-state index in [2.05, 4.69) is 5.43 Å². The Hall–Kier alpha value is -1.04. The number of nitrogens with one attached hydrogen (secondary N) is 1. The smallest absolute Gasteiger partial charge is 0.133 e. The van der Waals surface area contributed by atoms with Crippen LogP contribution in [-0.4, -0.2) is 13.2 Å². The zero-order chi connectivity index (χ0) is 14.0. The van der Waals surface area contributed by atoms with Gasteiger partial charge in [0.25, 0.3) is 0 Å². The van der Waals surface area contributed by atoms with Crippen LogP contribution in [0.3, 0.4) is 0 Å². The predicted molar refractivity (Wildman–Crippen MR) is 69.2 cm³/mol. The molecule has 1 aliphatic heterocycles. The Kier molecular flexibility index (Phi) is 4.50. The molecule has 0 aromatic heterocycles. The van der Waals surface area contributed by atoms with E-state index in [4.69, 9.17) is 10.6 Å². The second-order valence-corrected chi connectivity index (χ2v) is 5.24. The van der Waals surface area contributed by atoms with Gasteiger partial charge in [-0.05, 0) is 36.8 Å². The largest absolute Gasteiger partial charge is 0.381 e. The van der Waals surface area contributed by atoms with Gasteiger partial charge in [0.1, 0.15) is 11.6 Å². The molecule has 106 valence electrons. The van der Waals surface area contributed by atoms with Crippen LogP contribution in [-0.2, 0) is 4.74 Å². The lowest BCUT2D eigenvalue weighted by molar-refractivity contribution is 0.00961. The molecule has 0 radical (unpaired) electrons. The lowest BCUT2D eigenvalue weighted by Crippen LogP contribution is -2.41. The fourth-order valence-electron chi connectivity index (χ4n) is 2.78. The van der Waals surface area contributed by atoms with Gasteiger partial charge in [0, 0.05) is 18.8 Å². The molecule has 3 unspecified atom stereocenters. The number of hydrogen-bond donors (Lipinski definition) is 2. The summed E-state index contributed by atoms with van der Waals surface area (Å²) in [6.07, 6.45) is 0.739. The van der Waals surface area contributed by atoms with Crippen molar-refractivity contribution in [2.75, 3.05) is 13.2 Å². The Balaban J connectivity index is 2.39. The maximum atomic E-state index is 14.2. The molecule has 1 fully saturated rings. The summed E-state index contributed by atoms with van der Waals surface area (Å²) in [6.45, 7) is 4.83. The lowest BCUT2D eigenvalue weighted by Gasteiger charge is -2.35. The highest BCUT2D eigenvalue weighted by atomic mass is 19.1. The molecule has 1 heterocycles. The van der Waals surface area contributed by atoms with Crippen molar-refractivity contribution in [1.29, 1.82) is 0 Å². The molecule has 0 saturated carbocycles. The molecule has 3 atom stereocenters. The van der Waals surface area contributed by atoms with Crippen molar-refractivity contribution in [1.82, 2.24) is 5.43 Å². The zero-order valence-corrected chi connectivity index (χ0v) is 11.2. The first kappa shape index (κ1) is 14.4. The van der Waals surface area contributed by atoms with Crippen LogP contribution >= 0.6 is 0 Å². The van der Waals surface area contributed by atoms with Gasteiger partial charge in [0.15, 0.2) is 0 Å². The molecule has 1 aliphatic rings. The minimum Gasteiger partial charge on any atom is -0.381 e. The minimum absolute atomic E-state index is 0.0428. The van der Waals surface area contributed by atoms with Crippen molar-refractivity contribution in [3.63, 3.8) is 0 Å². The van der Waals surface area contributed by atoms with Crippen molar-refractivity contribution in [3.8, 4) is 0 Å². The Labute approximate surface area is 112 Å². The molecular weight excluding hydrogens is 250 g/mol. The number of ether oxygens (including phenoxy) is 1. The highest BCUT2D eigenvalue weighted by Crippen LogP contribution is 2.36. The van der Waals surface area contributed by atoms with E-state index in [9.17, 15) is 8.78 Å². The van der Waals surface area contributed by atoms with Gasteiger partial charge in [-0.15, -0.1) is 0 Å². The van der Waals surface area contributed by atoms with Crippen molar-refractivity contribution in [3.05, 3.63) is 34.9 Å². The predicted octanol–water partition coefficient (Wildman–Crippen LogP) is 2.45. The van der Waals surface area contributed by atoms with Crippen LogP contribution in [0.15, 0.2) is 12.1 Å². The standard InChI is InChI=1S/C14H20F2N2O/c1-8-3-4-11(15)12(13(8)16)14(18-17)10-5-6-19-7-9(10)2/h3-4,9-10,14,18H,5-7,17H2,1-2H3. The first-order valence-corrected chi connectivity index (χ1v) is 6.54. The molecule has 0 amide bonds. The van der Waals surface area contributed by atoms with Crippen LogP contribution in [0, 0.1) is 30.4 Å². The summed E-state index contributed by atoms with van der Waals surface area (Å²) in [6, 6.07) is 2.20. The fourth-order valence-corrected chi connectivity index (χ4v) is 2.78. The van der Waals surface area contributed by atoms with E-state index in [1.807, 2.05) is 6.92 Å². The van der Waals surface area contributed by atoms with Crippen LogP contribution in [0.5, 0.6) is 0 Å². The molecular formula is C14H20F2N2O. The number of halogens is 2. The van der Waals surface area contributed by atoms with Gasteiger partial charge in [-0.25, -0.2) is 8.78 Å². The molecule has 3 N–H and O–H groups in total. The molecule has 1 aromatic carbocycles. The maximum absolute atomic E-state index is 14.2. The number of hydrogen-bond acceptors (Lipinski definition) is 3. The molecule has 0 bridgehead atoms. The molecule has 1 aromatic rings. The summed E-state index contributed by atoms with van der Waals surface area (Å²) >= 11 is 0. The van der Waals surface area contributed by atoms with E-state index in [0.29, 0.717) is 18.8 Å². The normalized spacial score (nSPS) is 25.3. The van der Waals surface area contributed by atoms with Crippen molar-refractivity contribution in [2.24, 2.45) is 17.7 Å².